The molecule has 0 radical (unpaired) electrons. The minimum Gasteiger partial charge on any atom is -0.543 e. The molecule has 2 nitrogen and oxygen atoms in total. The van der Waals surface area contributed by atoms with E-state index in [0.717, 1.165) is 29.4 Å². The summed E-state index contributed by atoms with van der Waals surface area (Å²) < 4.78 is 6.81. The van der Waals surface area contributed by atoms with Crippen LogP contribution in [0.2, 0.25) is 18.1 Å². The standard InChI is InChI=1S/C30H39NOSi/c1-30(2,3)33(5,6)32-23-11-12-27-25(18-23)29(24-9-7-8-10-26(24)31(27)4)28-21-14-19-13-20(16-21)17-22(28)15-19/h7-12,18-22H,13-17H2,1-6H3. The highest BCUT2D eigenvalue weighted by atomic mass is 28.4. The molecule has 2 aromatic carbocycles. The van der Waals surface area contributed by atoms with Crippen molar-refractivity contribution < 1.29 is 4.43 Å². The highest BCUT2D eigenvalue weighted by Gasteiger charge is 2.47. The molecule has 174 valence electrons. The fourth-order valence-corrected chi connectivity index (χ4v) is 8.21. The first-order chi connectivity index (χ1) is 15.6. The van der Waals surface area contributed by atoms with Gasteiger partial charge in [0.25, 0.3) is 0 Å². The van der Waals surface area contributed by atoms with Gasteiger partial charge in [-0.1, -0.05) is 44.5 Å². The third-order valence-corrected chi connectivity index (χ3v) is 14.0. The number of allylic oxidation sites excluding steroid dienone is 1. The molecular weight excluding hydrogens is 418 g/mol. The molecule has 5 aliphatic rings. The second-order valence-corrected chi connectivity index (χ2v) is 17.5. The fraction of sp³-hybridized carbons (Fsp3) is 0.533. The van der Waals surface area contributed by atoms with E-state index in [4.69, 9.17) is 4.43 Å². The first-order valence-electron chi connectivity index (χ1n) is 13.0. The Morgan fingerprint density at radius 1 is 0.818 bits per heavy atom. The van der Waals surface area contributed by atoms with Crippen molar-refractivity contribution in [1.29, 1.82) is 0 Å². The molecule has 4 fully saturated rings. The molecule has 1 aliphatic heterocycles. The zero-order valence-electron chi connectivity index (χ0n) is 21.2. The molecule has 0 atom stereocenters. The van der Waals surface area contributed by atoms with Crippen LogP contribution in [0.4, 0.5) is 11.4 Å². The average molecular weight is 458 g/mol. The summed E-state index contributed by atoms with van der Waals surface area (Å²) in [6.07, 6.45) is 7.16. The summed E-state index contributed by atoms with van der Waals surface area (Å²) in [4.78, 5) is 2.39. The molecule has 7 rings (SSSR count). The topological polar surface area (TPSA) is 12.5 Å². The number of rotatable bonds is 2. The highest BCUT2D eigenvalue weighted by Crippen LogP contribution is 2.60. The zero-order chi connectivity index (χ0) is 23.1. The Hall–Kier alpha value is -2.00. The van der Waals surface area contributed by atoms with E-state index >= 15 is 0 Å². The predicted molar refractivity (Wildman–Crippen MR) is 142 cm³/mol. The Morgan fingerprint density at radius 2 is 1.42 bits per heavy atom. The molecule has 2 aromatic rings. The summed E-state index contributed by atoms with van der Waals surface area (Å²) in [7, 11) is 0.330. The van der Waals surface area contributed by atoms with E-state index in [1.165, 1.54) is 54.6 Å². The number of hydrogen-bond acceptors (Lipinski definition) is 2. The lowest BCUT2D eigenvalue weighted by atomic mass is 9.53. The first kappa shape index (κ1) is 21.5. The van der Waals surface area contributed by atoms with Crippen molar-refractivity contribution in [2.75, 3.05) is 11.9 Å². The van der Waals surface area contributed by atoms with Crippen LogP contribution in [0.3, 0.4) is 0 Å². The minimum atomic E-state index is -1.90. The normalized spacial score (nSPS) is 28.1. The van der Waals surface area contributed by atoms with Gasteiger partial charge in [0.05, 0.1) is 0 Å². The van der Waals surface area contributed by atoms with E-state index in [1.54, 1.807) is 11.1 Å². The highest BCUT2D eigenvalue weighted by molar-refractivity contribution is 6.74. The van der Waals surface area contributed by atoms with Gasteiger partial charge in [-0.3, -0.25) is 0 Å². The summed E-state index contributed by atoms with van der Waals surface area (Å²) >= 11 is 0. The Bertz CT molecular complexity index is 1110. The minimum absolute atomic E-state index is 0.189. The van der Waals surface area contributed by atoms with E-state index < -0.39 is 8.32 Å². The molecule has 0 saturated heterocycles. The first-order valence-corrected chi connectivity index (χ1v) is 15.9. The maximum absolute atomic E-state index is 6.81. The molecule has 4 bridgehead atoms. The monoisotopic (exact) mass is 457 g/mol. The third-order valence-electron chi connectivity index (χ3n) is 9.62. The number of hydrogen-bond donors (Lipinski definition) is 0. The molecule has 1 heterocycles. The Kier molecular flexibility index (Phi) is 4.73. The van der Waals surface area contributed by atoms with Crippen LogP contribution < -0.4 is 9.33 Å². The van der Waals surface area contributed by atoms with Crippen LogP contribution in [0.1, 0.15) is 64.0 Å². The zero-order valence-corrected chi connectivity index (χ0v) is 22.2. The SMILES string of the molecule is CN1c2ccccc2C(=C2C3CC4CC(C3)CC2C4)c2cc(O[Si](C)(C)C(C)(C)C)ccc21. The molecule has 4 aliphatic carbocycles. The molecule has 0 aromatic heterocycles. The number of anilines is 2. The Labute approximate surface area is 201 Å². The van der Waals surface area contributed by atoms with Crippen LogP contribution in [0.5, 0.6) is 5.75 Å². The molecular formula is C30H39NOSi. The van der Waals surface area contributed by atoms with Gasteiger partial charge in [-0.2, -0.15) is 0 Å². The fourth-order valence-electron chi connectivity index (χ4n) is 7.18. The van der Waals surface area contributed by atoms with Crippen molar-refractivity contribution in [2.45, 2.75) is 71.0 Å². The second-order valence-electron chi connectivity index (χ2n) is 12.8. The van der Waals surface area contributed by atoms with Gasteiger partial charge in [-0.15, -0.1) is 0 Å². The van der Waals surface area contributed by atoms with E-state index in [1.807, 2.05) is 0 Å². The summed E-state index contributed by atoms with van der Waals surface area (Å²) in [6, 6.07) is 16.0. The molecule has 0 amide bonds. The summed E-state index contributed by atoms with van der Waals surface area (Å²) in [5.74, 6) is 4.57. The molecule has 33 heavy (non-hydrogen) atoms. The van der Waals surface area contributed by atoms with Gasteiger partial charge in [-0.25, -0.2) is 0 Å². The number of nitrogens with zero attached hydrogens (tertiary/aromatic N) is 1. The van der Waals surface area contributed by atoms with Crippen LogP contribution in [0.25, 0.3) is 5.57 Å². The summed E-state index contributed by atoms with van der Waals surface area (Å²) in [5, 5.41) is 0.189. The van der Waals surface area contributed by atoms with Crippen molar-refractivity contribution in [3.8, 4) is 5.75 Å². The van der Waals surface area contributed by atoms with Gasteiger partial charge < -0.3 is 9.33 Å². The summed E-state index contributed by atoms with van der Waals surface area (Å²) in [5.41, 5.74) is 8.84. The average Bonchev–Trinajstić information content (AvgIpc) is 2.74. The lowest BCUT2D eigenvalue weighted by Crippen LogP contribution is -2.43. The van der Waals surface area contributed by atoms with Gasteiger partial charge in [0.15, 0.2) is 0 Å². The van der Waals surface area contributed by atoms with Gasteiger partial charge >= 0.3 is 0 Å². The van der Waals surface area contributed by atoms with Crippen LogP contribution in [0.15, 0.2) is 48.0 Å². The van der Waals surface area contributed by atoms with E-state index in [9.17, 15) is 0 Å². The molecule has 3 heteroatoms. The molecule has 0 spiro atoms. The van der Waals surface area contributed by atoms with E-state index in [-0.39, 0.29) is 5.04 Å². The Morgan fingerprint density at radius 3 is 2.06 bits per heavy atom. The number of benzene rings is 2. The quantitative estimate of drug-likeness (QED) is 0.420. The van der Waals surface area contributed by atoms with Gasteiger partial charge in [0.1, 0.15) is 5.75 Å². The van der Waals surface area contributed by atoms with Crippen molar-refractivity contribution in [3.63, 3.8) is 0 Å². The van der Waals surface area contributed by atoms with Crippen molar-refractivity contribution in [3.05, 3.63) is 59.2 Å². The van der Waals surface area contributed by atoms with Crippen LogP contribution in [-0.4, -0.2) is 15.4 Å². The smallest absolute Gasteiger partial charge is 0.250 e. The molecule has 0 unspecified atom stereocenters. The number of para-hydroxylation sites is 1. The van der Waals surface area contributed by atoms with Crippen LogP contribution in [-0.2, 0) is 0 Å². The van der Waals surface area contributed by atoms with Gasteiger partial charge in [0, 0.05) is 29.5 Å². The predicted octanol–water partition coefficient (Wildman–Crippen LogP) is 8.41. The Balaban J connectivity index is 1.53. The van der Waals surface area contributed by atoms with Crippen molar-refractivity contribution in [1.82, 2.24) is 0 Å². The molecule has 4 saturated carbocycles. The van der Waals surface area contributed by atoms with E-state index in [2.05, 4.69) is 88.3 Å². The van der Waals surface area contributed by atoms with Gasteiger partial charge in [-0.05, 0) is 104 Å². The lowest BCUT2D eigenvalue weighted by Gasteiger charge is -2.53. The maximum Gasteiger partial charge on any atom is 0.250 e. The molecule has 0 N–H and O–H groups in total. The van der Waals surface area contributed by atoms with Crippen LogP contribution in [0, 0.1) is 23.7 Å². The van der Waals surface area contributed by atoms with Crippen molar-refractivity contribution in [2.24, 2.45) is 23.7 Å². The van der Waals surface area contributed by atoms with Crippen LogP contribution >= 0.6 is 0 Å². The lowest BCUT2D eigenvalue weighted by molar-refractivity contribution is 0.0705. The maximum atomic E-state index is 6.81. The van der Waals surface area contributed by atoms with Crippen molar-refractivity contribution >= 4 is 25.3 Å². The summed E-state index contributed by atoms with van der Waals surface area (Å²) in [6.45, 7) is 11.7. The largest absolute Gasteiger partial charge is 0.543 e. The van der Waals surface area contributed by atoms with Gasteiger partial charge in [0.2, 0.25) is 8.32 Å². The third kappa shape index (κ3) is 3.33. The van der Waals surface area contributed by atoms with E-state index in [0.29, 0.717) is 0 Å². The number of fused-ring (bicyclic) bond motifs is 2. The second kappa shape index (κ2) is 7.25.